The monoisotopic (exact) mass is 329 g/mol. The van der Waals surface area contributed by atoms with Crippen LogP contribution in [0.4, 0.5) is 0 Å². The molecule has 0 N–H and O–H groups in total. The first-order valence-electron chi connectivity index (χ1n) is 8.93. The number of carbonyl (C=O) groups is 1. The van der Waals surface area contributed by atoms with Crippen LogP contribution < -0.4 is 4.74 Å². The molecule has 1 heterocycles. The fraction of sp³-hybridized carbons (Fsp3) is 0.650. The molecule has 0 amide bonds. The summed E-state index contributed by atoms with van der Waals surface area (Å²) in [5.74, 6) is 1.32. The van der Waals surface area contributed by atoms with E-state index in [-0.39, 0.29) is 16.9 Å². The van der Waals surface area contributed by atoms with Crippen LogP contribution in [0.2, 0.25) is 0 Å². The zero-order valence-corrected chi connectivity index (χ0v) is 15.1. The lowest BCUT2D eigenvalue weighted by atomic mass is 9.48. The summed E-state index contributed by atoms with van der Waals surface area (Å²) in [6, 6.07) is 6.71. The van der Waals surface area contributed by atoms with Crippen molar-refractivity contribution in [2.24, 2.45) is 5.92 Å². The summed E-state index contributed by atoms with van der Waals surface area (Å²) in [5.41, 5.74) is 2.13. The van der Waals surface area contributed by atoms with Gasteiger partial charge in [0, 0.05) is 30.9 Å². The molecule has 1 saturated heterocycles. The normalized spacial score (nSPS) is 38.4. The molecule has 3 aliphatic rings. The molecule has 2 bridgehead atoms. The maximum Gasteiger partial charge on any atom is 0.136 e. The second-order valence-electron chi connectivity index (χ2n) is 7.90. The van der Waals surface area contributed by atoms with E-state index in [1.165, 1.54) is 11.1 Å². The molecule has 130 valence electrons. The van der Waals surface area contributed by atoms with E-state index >= 15 is 0 Å². The maximum absolute atomic E-state index is 12.7. The summed E-state index contributed by atoms with van der Waals surface area (Å²) in [5, 5.41) is 0. The highest BCUT2D eigenvalue weighted by Crippen LogP contribution is 2.59. The van der Waals surface area contributed by atoms with Crippen molar-refractivity contribution < 1.29 is 14.3 Å². The third-order valence-electron chi connectivity index (χ3n) is 7.02. The number of likely N-dealkylation sites (tertiary alicyclic amines) is 1. The number of fused-ring (bicyclic) bond motifs is 1. The summed E-state index contributed by atoms with van der Waals surface area (Å²) in [6.07, 6.45) is 3.35. The van der Waals surface area contributed by atoms with Crippen LogP contribution in [-0.4, -0.2) is 50.1 Å². The second kappa shape index (κ2) is 5.30. The number of methoxy groups -OCH3 is 2. The van der Waals surface area contributed by atoms with Crippen molar-refractivity contribution >= 4 is 5.78 Å². The van der Waals surface area contributed by atoms with Crippen LogP contribution in [0.5, 0.6) is 5.75 Å². The number of ketones is 1. The first-order chi connectivity index (χ1) is 11.5. The van der Waals surface area contributed by atoms with Crippen molar-refractivity contribution in [1.29, 1.82) is 0 Å². The molecule has 0 aromatic heterocycles. The van der Waals surface area contributed by atoms with Gasteiger partial charge in [-0.05, 0) is 56.1 Å². The minimum absolute atomic E-state index is 0.0687. The standard InChI is InChI=1S/C20H27NO3/c1-13-11-20(24-4)18-9-14-5-6-15(23-3)10-16(14)19(20,12-17(13)22)7-8-21(18)2/h5-6,10,13,18H,7-9,11-12H2,1-4H3/t13-,18+,19+,20?/m0/s1. The Labute approximate surface area is 144 Å². The van der Waals surface area contributed by atoms with E-state index in [1.807, 2.05) is 13.2 Å². The number of likely N-dealkylation sites (N-methyl/N-ethyl adjacent to an activating group) is 1. The fourth-order valence-electron chi connectivity index (χ4n) is 5.73. The van der Waals surface area contributed by atoms with Crippen LogP contribution in [0.3, 0.4) is 0 Å². The van der Waals surface area contributed by atoms with Crippen LogP contribution >= 0.6 is 0 Å². The highest BCUT2D eigenvalue weighted by Gasteiger charge is 2.66. The van der Waals surface area contributed by atoms with Gasteiger partial charge in [-0.15, -0.1) is 0 Å². The molecule has 1 unspecified atom stereocenters. The summed E-state index contributed by atoms with van der Waals surface area (Å²) >= 11 is 0. The van der Waals surface area contributed by atoms with Crippen LogP contribution in [0.25, 0.3) is 0 Å². The number of nitrogens with zero attached hydrogens (tertiary/aromatic N) is 1. The summed E-state index contributed by atoms with van der Waals surface area (Å²) in [7, 11) is 5.75. The van der Waals surface area contributed by atoms with Gasteiger partial charge in [0.2, 0.25) is 0 Å². The topological polar surface area (TPSA) is 38.8 Å². The molecule has 24 heavy (non-hydrogen) atoms. The van der Waals surface area contributed by atoms with Crippen LogP contribution in [0.15, 0.2) is 18.2 Å². The van der Waals surface area contributed by atoms with Crippen molar-refractivity contribution in [3.8, 4) is 5.75 Å². The molecular formula is C20H27NO3. The Morgan fingerprint density at radius 1 is 1.29 bits per heavy atom. The van der Waals surface area contributed by atoms with E-state index in [0.29, 0.717) is 18.2 Å². The summed E-state index contributed by atoms with van der Waals surface area (Å²) in [6.45, 7) is 3.07. The molecule has 4 heteroatoms. The minimum Gasteiger partial charge on any atom is -0.497 e. The minimum atomic E-state index is -0.285. The molecule has 1 saturated carbocycles. The highest BCUT2D eigenvalue weighted by molar-refractivity contribution is 5.84. The number of piperidine rings is 1. The zero-order valence-electron chi connectivity index (χ0n) is 15.1. The number of hydrogen-bond acceptors (Lipinski definition) is 4. The van der Waals surface area contributed by atoms with Crippen molar-refractivity contribution in [2.45, 2.75) is 49.7 Å². The van der Waals surface area contributed by atoms with Gasteiger partial charge in [0.05, 0.1) is 12.7 Å². The Bertz CT molecular complexity index is 687. The molecule has 2 fully saturated rings. The van der Waals surface area contributed by atoms with Gasteiger partial charge in [-0.3, -0.25) is 4.79 Å². The van der Waals surface area contributed by atoms with Crippen LogP contribution in [0, 0.1) is 5.92 Å². The highest BCUT2D eigenvalue weighted by atomic mass is 16.5. The lowest BCUT2D eigenvalue weighted by Crippen LogP contribution is -2.74. The van der Waals surface area contributed by atoms with E-state index in [0.717, 1.165) is 31.6 Å². The zero-order chi connectivity index (χ0) is 17.1. The Hall–Kier alpha value is -1.39. The molecule has 0 radical (unpaired) electrons. The van der Waals surface area contributed by atoms with Gasteiger partial charge >= 0.3 is 0 Å². The molecule has 1 aromatic carbocycles. The largest absolute Gasteiger partial charge is 0.497 e. The number of ether oxygens (including phenoxy) is 2. The van der Waals surface area contributed by atoms with E-state index in [4.69, 9.17) is 9.47 Å². The van der Waals surface area contributed by atoms with Crippen molar-refractivity contribution in [2.75, 3.05) is 27.8 Å². The molecule has 1 aromatic rings. The van der Waals surface area contributed by atoms with E-state index in [2.05, 4.69) is 31.0 Å². The van der Waals surface area contributed by atoms with Crippen molar-refractivity contribution in [3.63, 3.8) is 0 Å². The Kier molecular flexibility index (Phi) is 3.56. The third kappa shape index (κ3) is 1.84. The molecule has 4 rings (SSSR count). The second-order valence-corrected chi connectivity index (χ2v) is 7.90. The Morgan fingerprint density at radius 2 is 2.08 bits per heavy atom. The lowest BCUT2D eigenvalue weighted by molar-refractivity contribution is -0.190. The SMILES string of the molecule is COc1ccc2c(c1)[C@]13CCN(C)[C@H](C2)C1(OC)C[C@H](C)C(=O)C3. The number of carbonyl (C=O) groups excluding carboxylic acids is 1. The molecule has 4 atom stereocenters. The smallest absolute Gasteiger partial charge is 0.136 e. The number of Topliss-reactive ketones (excluding diaryl/α,β-unsaturated/α-hetero) is 1. The van der Waals surface area contributed by atoms with E-state index in [1.54, 1.807) is 7.11 Å². The van der Waals surface area contributed by atoms with Gasteiger partial charge in [-0.25, -0.2) is 0 Å². The number of rotatable bonds is 2. The van der Waals surface area contributed by atoms with Gasteiger partial charge in [0.25, 0.3) is 0 Å². The summed E-state index contributed by atoms with van der Waals surface area (Å²) in [4.78, 5) is 15.2. The Balaban J connectivity index is 1.98. The quantitative estimate of drug-likeness (QED) is 0.836. The predicted octanol–water partition coefficient (Wildman–Crippen LogP) is 2.58. The average Bonchev–Trinajstić information content (AvgIpc) is 2.59. The van der Waals surface area contributed by atoms with Crippen molar-refractivity contribution in [1.82, 2.24) is 4.90 Å². The van der Waals surface area contributed by atoms with E-state index < -0.39 is 0 Å². The van der Waals surface area contributed by atoms with E-state index in [9.17, 15) is 4.79 Å². The lowest BCUT2D eigenvalue weighted by Gasteiger charge is -2.65. The first-order valence-corrected chi connectivity index (χ1v) is 8.93. The van der Waals surface area contributed by atoms with Crippen LogP contribution in [0.1, 0.15) is 37.3 Å². The summed E-state index contributed by atoms with van der Waals surface area (Å²) < 4.78 is 11.8. The molecule has 4 nitrogen and oxygen atoms in total. The fourth-order valence-corrected chi connectivity index (χ4v) is 5.73. The van der Waals surface area contributed by atoms with Crippen LogP contribution in [-0.2, 0) is 21.4 Å². The number of benzene rings is 1. The number of hydrogen-bond donors (Lipinski definition) is 0. The van der Waals surface area contributed by atoms with Gasteiger partial charge in [-0.2, -0.15) is 0 Å². The Morgan fingerprint density at radius 3 is 2.79 bits per heavy atom. The van der Waals surface area contributed by atoms with Gasteiger partial charge in [0.1, 0.15) is 11.5 Å². The first kappa shape index (κ1) is 16.1. The molecule has 2 aliphatic carbocycles. The van der Waals surface area contributed by atoms with Gasteiger partial charge in [-0.1, -0.05) is 13.0 Å². The van der Waals surface area contributed by atoms with Gasteiger partial charge < -0.3 is 14.4 Å². The molecule has 1 aliphatic heterocycles. The molecular weight excluding hydrogens is 302 g/mol. The average molecular weight is 329 g/mol. The maximum atomic E-state index is 12.7. The molecule has 0 spiro atoms. The third-order valence-corrected chi connectivity index (χ3v) is 7.02. The van der Waals surface area contributed by atoms with Gasteiger partial charge in [0.15, 0.2) is 0 Å². The predicted molar refractivity (Wildman–Crippen MR) is 92.6 cm³/mol. The van der Waals surface area contributed by atoms with Crippen molar-refractivity contribution in [3.05, 3.63) is 29.3 Å².